The van der Waals surface area contributed by atoms with E-state index in [0.29, 0.717) is 18.8 Å². The Morgan fingerprint density at radius 3 is 2.38 bits per heavy atom. The van der Waals surface area contributed by atoms with Crippen LogP contribution < -0.4 is 9.64 Å². The average Bonchev–Trinajstić information content (AvgIpc) is 3.32. The number of carbonyl (C=O) groups excluding carboxylic acids is 1. The molecule has 37 heavy (non-hydrogen) atoms. The molecule has 0 N–H and O–H groups in total. The molecule has 2 aliphatic rings. The Kier molecular flexibility index (Phi) is 7.51. The molecular weight excluding hydrogens is 512 g/mol. The van der Waals surface area contributed by atoms with E-state index in [1.807, 2.05) is 26.0 Å². The number of aromatic nitrogens is 1. The third-order valence-corrected chi connectivity index (χ3v) is 9.69. The second-order valence-corrected chi connectivity index (χ2v) is 12.5. The molecule has 1 aromatic heterocycles. The summed E-state index contributed by atoms with van der Waals surface area (Å²) in [5.74, 6) is -0.117. The van der Waals surface area contributed by atoms with E-state index in [0.717, 1.165) is 48.1 Å². The highest BCUT2D eigenvalue weighted by Gasteiger charge is 2.32. The van der Waals surface area contributed by atoms with Crippen LogP contribution in [0.2, 0.25) is 0 Å². The molecule has 0 saturated carbocycles. The molecule has 2 saturated heterocycles. The van der Waals surface area contributed by atoms with Crippen molar-refractivity contribution in [2.24, 2.45) is 0 Å². The maximum Gasteiger partial charge on any atom is 0.343 e. The van der Waals surface area contributed by atoms with E-state index in [2.05, 4.69) is 16.7 Å². The van der Waals surface area contributed by atoms with Gasteiger partial charge in [0.25, 0.3) is 0 Å². The Morgan fingerprint density at radius 2 is 1.73 bits per heavy atom. The highest BCUT2D eigenvalue weighted by molar-refractivity contribution is 7.89. The number of piperazine rings is 1. The van der Waals surface area contributed by atoms with Crippen molar-refractivity contribution < 1.29 is 22.7 Å². The van der Waals surface area contributed by atoms with Gasteiger partial charge in [-0.25, -0.2) is 18.2 Å². The zero-order valence-electron chi connectivity index (χ0n) is 21.3. The van der Waals surface area contributed by atoms with Crippen molar-refractivity contribution in [3.8, 4) is 5.75 Å². The summed E-state index contributed by atoms with van der Waals surface area (Å²) in [5.41, 5.74) is 1.15. The van der Waals surface area contributed by atoms with Crippen molar-refractivity contribution in [2.75, 3.05) is 50.7 Å². The minimum absolute atomic E-state index is 0.142. The lowest BCUT2D eigenvalue weighted by Crippen LogP contribution is -2.48. The Morgan fingerprint density at radius 1 is 1.05 bits per heavy atom. The van der Waals surface area contributed by atoms with E-state index in [1.54, 1.807) is 17.4 Å². The summed E-state index contributed by atoms with van der Waals surface area (Å²) < 4.78 is 39.8. The van der Waals surface area contributed by atoms with Gasteiger partial charge in [0.1, 0.15) is 5.75 Å². The lowest BCUT2D eigenvalue weighted by atomic mass is 10.2. The summed E-state index contributed by atoms with van der Waals surface area (Å²) >= 11 is 1.59. The van der Waals surface area contributed by atoms with E-state index >= 15 is 0 Å². The van der Waals surface area contributed by atoms with E-state index < -0.39 is 16.0 Å². The number of esters is 1. The van der Waals surface area contributed by atoms with Gasteiger partial charge in [-0.05, 0) is 56.8 Å². The van der Waals surface area contributed by atoms with E-state index in [9.17, 15) is 13.2 Å². The fourth-order valence-electron chi connectivity index (χ4n) is 4.75. The van der Waals surface area contributed by atoms with Crippen LogP contribution in [0.4, 0.5) is 5.13 Å². The van der Waals surface area contributed by atoms with Crippen LogP contribution in [-0.4, -0.2) is 86.6 Å². The van der Waals surface area contributed by atoms with Crippen LogP contribution >= 0.6 is 11.3 Å². The molecular formula is C26H32N4O5S2. The molecule has 0 aliphatic carbocycles. The molecule has 0 amide bonds. The summed E-state index contributed by atoms with van der Waals surface area (Å²) in [6.07, 6.45) is -0.350. The predicted molar refractivity (Wildman–Crippen MR) is 144 cm³/mol. The van der Waals surface area contributed by atoms with Crippen LogP contribution in [0.1, 0.15) is 31.1 Å². The van der Waals surface area contributed by atoms with Gasteiger partial charge in [0.15, 0.2) is 5.13 Å². The molecule has 2 unspecified atom stereocenters. The molecule has 2 aliphatic heterocycles. The standard InChI is InChI=1S/C26H32N4O5S2/c1-4-28-11-13-29(14-12-28)26-27-23-10-7-21(15-24(23)36-26)35-25(31)20-5-8-22(9-6-20)37(32,33)30-16-18(2)34-19(3)17-30/h5-10,15,18-19H,4,11-14,16-17H2,1-3H3. The van der Waals surface area contributed by atoms with Gasteiger partial charge in [0, 0.05) is 45.3 Å². The van der Waals surface area contributed by atoms with Gasteiger partial charge in [-0.1, -0.05) is 18.3 Å². The minimum Gasteiger partial charge on any atom is -0.423 e. The topological polar surface area (TPSA) is 92.3 Å². The molecule has 198 valence electrons. The Balaban J connectivity index is 1.26. The minimum atomic E-state index is -3.68. The number of fused-ring (bicyclic) bond motifs is 1. The molecule has 5 rings (SSSR count). The maximum absolute atomic E-state index is 13.1. The van der Waals surface area contributed by atoms with Gasteiger partial charge in [-0.3, -0.25) is 0 Å². The Labute approximate surface area is 221 Å². The number of rotatable bonds is 6. The van der Waals surface area contributed by atoms with Crippen molar-refractivity contribution in [3.63, 3.8) is 0 Å². The zero-order chi connectivity index (χ0) is 26.2. The summed E-state index contributed by atoms with van der Waals surface area (Å²) in [4.78, 5) is 22.4. The first-order chi connectivity index (χ1) is 17.7. The van der Waals surface area contributed by atoms with Crippen LogP contribution in [0.15, 0.2) is 47.4 Å². The summed E-state index contributed by atoms with van der Waals surface area (Å²) in [6.45, 7) is 11.5. The van der Waals surface area contributed by atoms with Crippen molar-refractivity contribution in [1.29, 1.82) is 0 Å². The molecule has 0 radical (unpaired) electrons. The number of nitrogens with zero attached hydrogens (tertiary/aromatic N) is 4. The number of sulfonamides is 1. The normalized spacial score (nSPS) is 21.9. The summed E-state index contributed by atoms with van der Waals surface area (Å²) in [7, 11) is -3.68. The molecule has 3 heterocycles. The Hall–Kier alpha value is -2.57. The van der Waals surface area contributed by atoms with Gasteiger partial charge in [-0.15, -0.1) is 0 Å². The number of thiazole rings is 1. The van der Waals surface area contributed by atoms with Crippen LogP contribution in [0.25, 0.3) is 10.2 Å². The zero-order valence-corrected chi connectivity index (χ0v) is 22.9. The number of anilines is 1. The van der Waals surface area contributed by atoms with Crippen LogP contribution in [0.3, 0.4) is 0 Å². The summed E-state index contributed by atoms with van der Waals surface area (Å²) in [6, 6.07) is 11.3. The molecule has 2 atom stereocenters. The molecule has 0 bridgehead atoms. The number of carbonyl (C=O) groups is 1. The number of benzene rings is 2. The maximum atomic E-state index is 13.1. The number of morpholine rings is 1. The summed E-state index contributed by atoms with van der Waals surface area (Å²) in [5, 5.41) is 0.982. The molecule has 2 aromatic carbocycles. The second-order valence-electron chi connectivity index (χ2n) is 9.54. The smallest absolute Gasteiger partial charge is 0.343 e. The third-order valence-electron chi connectivity index (χ3n) is 6.76. The van der Waals surface area contributed by atoms with E-state index in [1.165, 1.54) is 28.6 Å². The first-order valence-electron chi connectivity index (χ1n) is 12.6. The van der Waals surface area contributed by atoms with Crippen molar-refractivity contribution in [2.45, 2.75) is 37.9 Å². The second kappa shape index (κ2) is 10.7. The highest BCUT2D eigenvalue weighted by Crippen LogP contribution is 2.32. The van der Waals surface area contributed by atoms with Gasteiger partial charge in [-0.2, -0.15) is 4.31 Å². The molecule has 9 nitrogen and oxygen atoms in total. The first-order valence-corrected chi connectivity index (χ1v) is 14.8. The molecule has 0 spiro atoms. The number of ether oxygens (including phenoxy) is 2. The van der Waals surface area contributed by atoms with Crippen LogP contribution in [0.5, 0.6) is 5.75 Å². The van der Waals surface area contributed by atoms with Crippen molar-refractivity contribution in [3.05, 3.63) is 48.0 Å². The van der Waals surface area contributed by atoms with Gasteiger partial charge >= 0.3 is 5.97 Å². The van der Waals surface area contributed by atoms with E-state index in [4.69, 9.17) is 14.5 Å². The number of hydrogen-bond acceptors (Lipinski definition) is 9. The largest absolute Gasteiger partial charge is 0.423 e. The first kappa shape index (κ1) is 26.1. The quantitative estimate of drug-likeness (QED) is 0.344. The van der Waals surface area contributed by atoms with Gasteiger partial charge in [0.05, 0.1) is 32.9 Å². The SMILES string of the molecule is CCN1CCN(c2nc3ccc(OC(=O)c4ccc(S(=O)(=O)N5CC(C)OC(C)C5)cc4)cc3s2)CC1. The van der Waals surface area contributed by atoms with Crippen molar-refractivity contribution >= 4 is 42.7 Å². The highest BCUT2D eigenvalue weighted by atomic mass is 32.2. The third kappa shape index (κ3) is 5.65. The Bertz CT molecular complexity index is 1360. The lowest BCUT2D eigenvalue weighted by Gasteiger charge is -2.34. The van der Waals surface area contributed by atoms with Gasteiger partial charge < -0.3 is 19.3 Å². The lowest BCUT2D eigenvalue weighted by molar-refractivity contribution is -0.0440. The van der Waals surface area contributed by atoms with Crippen LogP contribution in [0, 0.1) is 0 Å². The molecule has 3 aromatic rings. The van der Waals surface area contributed by atoms with Gasteiger partial charge in [0.2, 0.25) is 10.0 Å². The monoisotopic (exact) mass is 544 g/mol. The van der Waals surface area contributed by atoms with Crippen molar-refractivity contribution in [1.82, 2.24) is 14.2 Å². The molecule has 2 fully saturated rings. The number of likely N-dealkylation sites (N-methyl/N-ethyl adjacent to an activating group) is 1. The fraction of sp³-hybridized carbons (Fsp3) is 0.462. The predicted octanol–water partition coefficient (Wildman–Crippen LogP) is 3.46. The van der Waals surface area contributed by atoms with E-state index in [-0.39, 0.29) is 22.7 Å². The molecule has 11 heteroatoms. The fourth-order valence-corrected chi connectivity index (χ4v) is 7.39. The number of hydrogen-bond donors (Lipinski definition) is 0. The van der Waals surface area contributed by atoms with Crippen LogP contribution in [-0.2, 0) is 14.8 Å². The average molecular weight is 545 g/mol.